The summed E-state index contributed by atoms with van der Waals surface area (Å²) in [5.41, 5.74) is 1.34. The molecular formula is C18H17ClN4O3S. The van der Waals surface area contributed by atoms with E-state index in [2.05, 4.69) is 15.3 Å². The topological polar surface area (TPSA) is 90.2 Å². The minimum atomic E-state index is -0.543. The molecule has 0 aliphatic heterocycles. The third kappa shape index (κ3) is 4.53. The Bertz CT molecular complexity index is 940. The molecule has 0 spiro atoms. The maximum absolute atomic E-state index is 11.6. The molecule has 0 saturated heterocycles. The van der Waals surface area contributed by atoms with Crippen molar-refractivity contribution in [2.24, 2.45) is 0 Å². The average Bonchev–Trinajstić information content (AvgIpc) is 3.13. The highest BCUT2D eigenvalue weighted by atomic mass is 35.5. The van der Waals surface area contributed by atoms with Crippen LogP contribution in [0.4, 0.5) is 11.5 Å². The number of nitrogens with one attached hydrogen (secondary N) is 1. The first-order valence-electron chi connectivity index (χ1n) is 8.16. The quantitative estimate of drug-likeness (QED) is 0.432. The molecule has 1 aromatic carbocycles. The number of benzene rings is 1. The summed E-state index contributed by atoms with van der Waals surface area (Å²) in [6.07, 6.45) is 1.98. The van der Waals surface area contributed by atoms with Crippen LogP contribution in [0.25, 0.3) is 0 Å². The molecule has 2 aromatic heterocycles. The van der Waals surface area contributed by atoms with Gasteiger partial charge in [0, 0.05) is 16.4 Å². The van der Waals surface area contributed by atoms with Crippen LogP contribution in [0.5, 0.6) is 11.6 Å². The summed E-state index contributed by atoms with van der Waals surface area (Å²) in [4.78, 5) is 20.2. The molecule has 0 aliphatic carbocycles. The number of hydrogen-bond donors (Lipinski definition) is 1. The molecule has 0 unspecified atom stereocenters. The van der Waals surface area contributed by atoms with Crippen LogP contribution in [0, 0.1) is 24.0 Å². The van der Waals surface area contributed by atoms with E-state index in [0.717, 1.165) is 17.5 Å². The lowest BCUT2D eigenvalue weighted by atomic mass is 10.1. The molecule has 7 nitrogen and oxygen atoms in total. The Balaban J connectivity index is 1.83. The lowest BCUT2D eigenvalue weighted by Gasteiger charge is -2.11. The molecule has 0 radical (unpaired) electrons. The Morgan fingerprint density at radius 3 is 2.67 bits per heavy atom. The van der Waals surface area contributed by atoms with Crippen molar-refractivity contribution in [1.82, 2.24) is 9.97 Å². The van der Waals surface area contributed by atoms with Gasteiger partial charge in [0.1, 0.15) is 12.1 Å². The zero-order valence-corrected chi connectivity index (χ0v) is 16.3. The van der Waals surface area contributed by atoms with Gasteiger partial charge in [0.25, 0.3) is 0 Å². The third-order valence-electron chi connectivity index (χ3n) is 3.84. The summed E-state index contributed by atoms with van der Waals surface area (Å²) in [6.45, 7) is 4.19. The number of halogens is 1. The molecule has 0 fully saturated rings. The molecule has 1 N–H and O–H groups in total. The van der Waals surface area contributed by atoms with Crippen LogP contribution >= 0.6 is 22.9 Å². The number of rotatable bonds is 7. The minimum absolute atomic E-state index is 0.116. The average molecular weight is 405 g/mol. The second kappa shape index (κ2) is 8.32. The van der Waals surface area contributed by atoms with Gasteiger partial charge in [-0.25, -0.2) is 4.98 Å². The molecule has 27 heavy (non-hydrogen) atoms. The fourth-order valence-electron chi connectivity index (χ4n) is 2.57. The van der Waals surface area contributed by atoms with E-state index in [-0.39, 0.29) is 17.4 Å². The van der Waals surface area contributed by atoms with Crippen molar-refractivity contribution < 1.29 is 9.66 Å². The molecule has 2 heterocycles. The highest BCUT2D eigenvalue weighted by molar-refractivity contribution is 7.09. The van der Waals surface area contributed by atoms with Crippen molar-refractivity contribution in [2.75, 3.05) is 11.9 Å². The zero-order valence-electron chi connectivity index (χ0n) is 14.7. The second-order valence-corrected chi connectivity index (χ2v) is 7.27. The van der Waals surface area contributed by atoms with Gasteiger partial charge in [0.05, 0.1) is 4.92 Å². The van der Waals surface area contributed by atoms with Crippen molar-refractivity contribution in [3.63, 3.8) is 0 Å². The molecule has 0 amide bonds. The summed E-state index contributed by atoms with van der Waals surface area (Å²) in [5, 5.41) is 17.2. The number of hydrogen-bond acceptors (Lipinski definition) is 7. The molecule has 0 aliphatic rings. The van der Waals surface area contributed by atoms with Crippen LogP contribution in [0.1, 0.15) is 16.0 Å². The van der Waals surface area contributed by atoms with Gasteiger partial charge in [0.2, 0.25) is 5.82 Å². The van der Waals surface area contributed by atoms with Crippen molar-refractivity contribution in [2.45, 2.75) is 20.3 Å². The lowest BCUT2D eigenvalue weighted by molar-refractivity contribution is -0.385. The van der Waals surface area contributed by atoms with Crippen LogP contribution in [0.3, 0.4) is 0 Å². The van der Waals surface area contributed by atoms with Crippen LogP contribution in [0.15, 0.2) is 36.0 Å². The van der Waals surface area contributed by atoms with Crippen molar-refractivity contribution in [3.8, 4) is 11.6 Å². The molecule has 9 heteroatoms. The largest absolute Gasteiger partial charge is 0.434 e. The van der Waals surface area contributed by atoms with E-state index in [1.165, 1.54) is 11.2 Å². The van der Waals surface area contributed by atoms with E-state index in [1.807, 2.05) is 31.4 Å². The normalized spacial score (nSPS) is 10.6. The minimum Gasteiger partial charge on any atom is -0.434 e. The van der Waals surface area contributed by atoms with Crippen LogP contribution in [0.2, 0.25) is 5.02 Å². The van der Waals surface area contributed by atoms with Gasteiger partial charge in [-0.15, -0.1) is 11.3 Å². The first-order valence-corrected chi connectivity index (χ1v) is 9.41. The van der Waals surface area contributed by atoms with Crippen LogP contribution < -0.4 is 10.1 Å². The summed E-state index contributed by atoms with van der Waals surface area (Å²) in [5.74, 6) is 0.444. The van der Waals surface area contributed by atoms with Gasteiger partial charge in [-0.3, -0.25) is 10.1 Å². The summed E-state index contributed by atoms with van der Waals surface area (Å²) >= 11 is 7.80. The number of nitro groups is 1. The van der Waals surface area contributed by atoms with Gasteiger partial charge >= 0.3 is 11.6 Å². The van der Waals surface area contributed by atoms with Crippen molar-refractivity contribution in [3.05, 3.63) is 67.1 Å². The zero-order chi connectivity index (χ0) is 19.4. The Morgan fingerprint density at radius 1 is 1.30 bits per heavy atom. The van der Waals surface area contributed by atoms with Crippen LogP contribution in [-0.4, -0.2) is 21.4 Å². The van der Waals surface area contributed by atoms with Gasteiger partial charge in [-0.05, 0) is 55.0 Å². The van der Waals surface area contributed by atoms with E-state index in [9.17, 15) is 10.1 Å². The van der Waals surface area contributed by atoms with Gasteiger partial charge < -0.3 is 10.1 Å². The predicted octanol–water partition coefficient (Wildman–Crippen LogP) is 5.16. The van der Waals surface area contributed by atoms with E-state index < -0.39 is 4.92 Å². The summed E-state index contributed by atoms with van der Waals surface area (Å²) < 4.78 is 5.69. The van der Waals surface area contributed by atoms with Gasteiger partial charge in [-0.1, -0.05) is 17.7 Å². The smallest absolute Gasteiger partial charge is 0.373 e. The Kier molecular flexibility index (Phi) is 5.88. The van der Waals surface area contributed by atoms with Crippen molar-refractivity contribution in [1.29, 1.82) is 0 Å². The number of thiophene rings is 1. The third-order valence-corrected chi connectivity index (χ3v) is 5.37. The fourth-order valence-corrected chi connectivity index (χ4v) is 3.38. The molecule has 3 rings (SSSR count). The maximum atomic E-state index is 11.6. The number of aryl methyl sites for hydroxylation is 2. The Morgan fingerprint density at radius 2 is 2.04 bits per heavy atom. The highest BCUT2D eigenvalue weighted by Gasteiger charge is 2.25. The molecule has 140 valence electrons. The van der Waals surface area contributed by atoms with Gasteiger partial charge in [-0.2, -0.15) is 4.98 Å². The fraction of sp³-hybridized carbons (Fsp3) is 0.222. The van der Waals surface area contributed by atoms with E-state index in [0.29, 0.717) is 17.3 Å². The Hall–Kier alpha value is -2.71. The second-order valence-electron chi connectivity index (χ2n) is 5.86. The van der Waals surface area contributed by atoms with Crippen molar-refractivity contribution >= 4 is 34.4 Å². The standard InChI is InChI=1S/C18H17ClN4O3S/c1-11-8-13(9-12(2)15(11)19)26-18-16(23(24)25)17(21-10-22-18)20-6-5-14-4-3-7-27-14/h3-4,7-10H,5-6H2,1-2H3,(H,20,21,22). The van der Waals surface area contributed by atoms with E-state index >= 15 is 0 Å². The van der Waals surface area contributed by atoms with Crippen LogP contribution in [-0.2, 0) is 6.42 Å². The first kappa shape index (κ1) is 19.1. The van der Waals surface area contributed by atoms with E-state index in [1.54, 1.807) is 23.5 Å². The SMILES string of the molecule is Cc1cc(Oc2ncnc(NCCc3cccs3)c2[N+](=O)[O-])cc(C)c1Cl. The highest BCUT2D eigenvalue weighted by Crippen LogP contribution is 2.35. The Labute approximate surface area is 165 Å². The molecule has 0 bridgehead atoms. The number of nitrogens with zero attached hydrogens (tertiary/aromatic N) is 3. The maximum Gasteiger partial charge on any atom is 0.373 e. The van der Waals surface area contributed by atoms with E-state index in [4.69, 9.17) is 16.3 Å². The number of anilines is 1. The molecule has 0 atom stereocenters. The first-order chi connectivity index (χ1) is 13.0. The number of ether oxygens (including phenoxy) is 1. The molecular weight excluding hydrogens is 388 g/mol. The number of aromatic nitrogens is 2. The lowest BCUT2D eigenvalue weighted by Crippen LogP contribution is -2.09. The monoisotopic (exact) mass is 404 g/mol. The summed E-state index contributed by atoms with van der Waals surface area (Å²) in [7, 11) is 0. The predicted molar refractivity (Wildman–Crippen MR) is 106 cm³/mol. The molecule has 3 aromatic rings. The van der Waals surface area contributed by atoms with Gasteiger partial charge in [0.15, 0.2) is 0 Å². The summed E-state index contributed by atoms with van der Waals surface area (Å²) in [6, 6.07) is 7.41. The molecule has 0 saturated carbocycles.